The van der Waals surface area contributed by atoms with Crippen molar-refractivity contribution in [3.8, 4) is 0 Å². The first-order valence-electron chi connectivity index (χ1n) is 8.03. The Bertz CT molecular complexity index is 848. The van der Waals surface area contributed by atoms with Gasteiger partial charge in [-0.1, -0.05) is 48.0 Å². The van der Waals surface area contributed by atoms with Crippen molar-refractivity contribution in [1.29, 1.82) is 0 Å². The molecule has 2 aromatic rings. The molecule has 25 heavy (non-hydrogen) atoms. The molecule has 1 amide bonds. The molecule has 1 fully saturated rings. The van der Waals surface area contributed by atoms with Crippen LogP contribution in [0.1, 0.15) is 15.9 Å². The Labute approximate surface area is 152 Å². The van der Waals surface area contributed by atoms with E-state index in [2.05, 4.69) is 0 Å². The fourth-order valence-electron chi connectivity index (χ4n) is 2.84. The zero-order valence-electron chi connectivity index (χ0n) is 13.6. The van der Waals surface area contributed by atoms with Crippen molar-refractivity contribution >= 4 is 27.5 Å². The van der Waals surface area contributed by atoms with Crippen LogP contribution in [0.5, 0.6) is 0 Å². The Kier molecular flexibility index (Phi) is 5.42. The molecule has 1 aliphatic heterocycles. The molecule has 1 aliphatic rings. The van der Waals surface area contributed by atoms with Crippen LogP contribution in [-0.4, -0.2) is 49.7 Å². The van der Waals surface area contributed by atoms with Crippen LogP contribution in [0.2, 0.25) is 5.02 Å². The number of sulfonamides is 1. The molecule has 132 valence electrons. The summed E-state index contributed by atoms with van der Waals surface area (Å²) < 4.78 is 26.7. The fraction of sp³-hybridized carbons (Fsp3) is 0.278. The second-order valence-corrected chi connectivity index (χ2v) is 8.28. The quantitative estimate of drug-likeness (QED) is 0.821. The average molecular weight is 379 g/mol. The van der Waals surface area contributed by atoms with Crippen LogP contribution in [0.25, 0.3) is 0 Å². The summed E-state index contributed by atoms with van der Waals surface area (Å²) in [6.07, 6.45) is 0. The number of nitrogens with zero attached hydrogens (tertiary/aromatic N) is 2. The standard InChI is InChI=1S/C18H19ClN2O3S/c19-17-9-5-4-8-16(17)14-25(23,24)21-12-10-20(11-13-21)18(22)15-6-2-1-3-7-15/h1-9H,10-14H2. The topological polar surface area (TPSA) is 57.7 Å². The van der Waals surface area contributed by atoms with Crippen LogP contribution in [0.4, 0.5) is 0 Å². The number of piperazine rings is 1. The SMILES string of the molecule is O=C(c1ccccc1)N1CCN(S(=O)(=O)Cc2ccccc2Cl)CC1. The third-order valence-corrected chi connectivity index (χ3v) is 6.43. The summed E-state index contributed by atoms with van der Waals surface area (Å²) in [6.45, 7) is 1.36. The average Bonchev–Trinajstić information content (AvgIpc) is 2.64. The fourth-order valence-corrected chi connectivity index (χ4v) is 4.66. The number of hydrogen-bond donors (Lipinski definition) is 0. The van der Waals surface area contributed by atoms with E-state index in [9.17, 15) is 13.2 Å². The van der Waals surface area contributed by atoms with Crippen LogP contribution in [0.3, 0.4) is 0 Å². The van der Waals surface area contributed by atoms with E-state index in [1.165, 1.54) is 4.31 Å². The van der Waals surface area contributed by atoms with E-state index in [4.69, 9.17) is 11.6 Å². The summed E-state index contributed by atoms with van der Waals surface area (Å²) in [5, 5.41) is 0.448. The van der Waals surface area contributed by atoms with Crippen LogP contribution < -0.4 is 0 Å². The molecule has 0 radical (unpaired) electrons. The number of hydrogen-bond acceptors (Lipinski definition) is 3. The van der Waals surface area contributed by atoms with Gasteiger partial charge in [0.05, 0.1) is 5.75 Å². The van der Waals surface area contributed by atoms with Crippen molar-refractivity contribution in [3.05, 3.63) is 70.7 Å². The molecule has 0 aliphatic carbocycles. The highest BCUT2D eigenvalue weighted by molar-refractivity contribution is 7.88. The predicted molar refractivity (Wildman–Crippen MR) is 98.0 cm³/mol. The first-order valence-corrected chi connectivity index (χ1v) is 10.0. The molecule has 0 saturated carbocycles. The van der Waals surface area contributed by atoms with Gasteiger partial charge in [0, 0.05) is 36.8 Å². The molecule has 0 N–H and O–H groups in total. The van der Waals surface area contributed by atoms with Crippen LogP contribution >= 0.6 is 11.6 Å². The summed E-state index contributed by atoms with van der Waals surface area (Å²) in [5.41, 5.74) is 1.21. The van der Waals surface area contributed by atoms with Crippen LogP contribution in [0.15, 0.2) is 54.6 Å². The Hall–Kier alpha value is -1.89. The smallest absolute Gasteiger partial charge is 0.253 e. The summed E-state index contributed by atoms with van der Waals surface area (Å²) in [4.78, 5) is 14.1. The minimum atomic E-state index is -3.46. The van der Waals surface area contributed by atoms with Crippen molar-refractivity contribution in [2.45, 2.75) is 5.75 Å². The molecule has 0 unspecified atom stereocenters. The third-order valence-electron chi connectivity index (χ3n) is 4.24. The maximum atomic E-state index is 12.6. The van der Waals surface area contributed by atoms with Gasteiger partial charge in [-0.25, -0.2) is 8.42 Å². The van der Waals surface area contributed by atoms with Crippen molar-refractivity contribution < 1.29 is 13.2 Å². The van der Waals surface area contributed by atoms with Crippen LogP contribution in [-0.2, 0) is 15.8 Å². The molecule has 0 bridgehead atoms. The lowest BCUT2D eigenvalue weighted by Gasteiger charge is -2.34. The molecule has 0 atom stereocenters. The maximum Gasteiger partial charge on any atom is 0.253 e. The monoisotopic (exact) mass is 378 g/mol. The first kappa shape index (κ1) is 17.9. The molecular formula is C18H19ClN2O3S. The van der Waals surface area contributed by atoms with Crippen LogP contribution in [0, 0.1) is 0 Å². The Morgan fingerprint density at radius 2 is 1.52 bits per heavy atom. The lowest BCUT2D eigenvalue weighted by atomic mass is 10.2. The molecule has 7 heteroatoms. The van der Waals surface area contributed by atoms with Gasteiger partial charge in [-0.15, -0.1) is 0 Å². The molecule has 5 nitrogen and oxygen atoms in total. The molecule has 3 rings (SSSR count). The largest absolute Gasteiger partial charge is 0.336 e. The highest BCUT2D eigenvalue weighted by atomic mass is 35.5. The normalized spacial score (nSPS) is 16.0. The Morgan fingerprint density at radius 1 is 0.920 bits per heavy atom. The highest BCUT2D eigenvalue weighted by Crippen LogP contribution is 2.20. The van der Waals surface area contributed by atoms with Crippen molar-refractivity contribution in [1.82, 2.24) is 9.21 Å². The van der Waals surface area contributed by atoms with E-state index in [1.54, 1.807) is 41.3 Å². The number of carbonyl (C=O) groups is 1. The lowest BCUT2D eigenvalue weighted by molar-refractivity contribution is 0.0698. The minimum absolute atomic E-state index is 0.0660. The maximum absolute atomic E-state index is 12.6. The summed E-state index contributed by atoms with van der Waals surface area (Å²) >= 11 is 6.07. The number of amides is 1. The van der Waals surface area contributed by atoms with Gasteiger partial charge in [0.1, 0.15) is 0 Å². The molecule has 2 aromatic carbocycles. The third kappa shape index (κ3) is 4.21. The van der Waals surface area contributed by atoms with Gasteiger partial charge in [-0.3, -0.25) is 4.79 Å². The van der Waals surface area contributed by atoms with Gasteiger partial charge in [-0.2, -0.15) is 4.31 Å². The van der Waals surface area contributed by atoms with E-state index in [0.717, 1.165) is 0 Å². The number of carbonyl (C=O) groups excluding carboxylic acids is 1. The van der Waals surface area contributed by atoms with E-state index in [1.807, 2.05) is 18.2 Å². The molecule has 1 heterocycles. The van der Waals surface area contributed by atoms with Crippen molar-refractivity contribution in [2.75, 3.05) is 26.2 Å². The summed E-state index contributed by atoms with van der Waals surface area (Å²) in [5.74, 6) is -0.192. The second-order valence-electron chi connectivity index (χ2n) is 5.90. The van der Waals surface area contributed by atoms with Gasteiger partial charge in [0.25, 0.3) is 5.91 Å². The zero-order chi connectivity index (χ0) is 17.9. The summed E-state index contributed by atoms with van der Waals surface area (Å²) in [6, 6.07) is 16.0. The lowest BCUT2D eigenvalue weighted by Crippen LogP contribution is -2.50. The van der Waals surface area contributed by atoms with Gasteiger partial charge >= 0.3 is 0 Å². The van der Waals surface area contributed by atoms with Gasteiger partial charge in [0.2, 0.25) is 10.0 Å². The van der Waals surface area contributed by atoms with E-state index < -0.39 is 10.0 Å². The number of rotatable bonds is 4. The van der Waals surface area contributed by atoms with Crippen molar-refractivity contribution in [3.63, 3.8) is 0 Å². The Balaban J connectivity index is 1.63. The van der Waals surface area contributed by atoms with E-state index >= 15 is 0 Å². The molecular weight excluding hydrogens is 360 g/mol. The van der Waals surface area contributed by atoms with Gasteiger partial charge in [0.15, 0.2) is 0 Å². The summed E-state index contributed by atoms with van der Waals surface area (Å²) in [7, 11) is -3.46. The van der Waals surface area contributed by atoms with E-state index in [0.29, 0.717) is 42.3 Å². The minimum Gasteiger partial charge on any atom is -0.336 e. The number of benzene rings is 2. The Morgan fingerprint density at radius 3 is 2.16 bits per heavy atom. The van der Waals surface area contributed by atoms with E-state index in [-0.39, 0.29) is 11.7 Å². The first-order chi connectivity index (χ1) is 12.0. The predicted octanol–water partition coefficient (Wildman–Crippen LogP) is 2.63. The zero-order valence-corrected chi connectivity index (χ0v) is 15.2. The van der Waals surface area contributed by atoms with Gasteiger partial charge in [-0.05, 0) is 23.8 Å². The highest BCUT2D eigenvalue weighted by Gasteiger charge is 2.29. The molecule has 1 saturated heterocycles. The van der Waals surface area contributed by atoms with Gasteiger partial charge < -0.3 is 4.90 Å². The second kappa shape index (κ2) is 7.56. The number of halogens is 1. The van der Waals surface area contributed by atoms with Crippen molar-refractivity contribution in [2.24, 2.45) is 0 Å². The molecule has 0 spiro atoms. The molecule has 0 aromatic heterocycles.